The van der Waals surface area contributed by atoms with Crippen molar-refractivity contribution in [1.29, 1.82) is 5.26 Å². The van der Waals surface area contributed by atoms with Crippen molar-refractivity contribution in [1.82, 2.24) is 14.9 Å². The number of nitriles is 1. The molecule has 3 rings (SSSR count). The highest BCUT2D eigenvalue weighted by Crippen LogP contribution is 2.35. The fourth-order valence-corrected chi connectivity index (χ4v) is 3.81. The first-order valence-corrected chi connectivity index (χ1v) is 8.66. The Hall–Kier alpha value is -1.45. The second kappa shape index (κ2) is 7.41. The summed E-state index contributed by atoms with van der Waals surface area (Å²) in [5, 5.41) is 14.7. The Morgan fingerprint density at radius 3 is 2.13 bits per heavy atom. The Morgan fingerprint density at radius 2 is 1.57 bits per heavy atom. The molecular formula is C18H27N5. The predicted molar refractivity (Wildman–Crippen MR) is 91.6 cm³/mol. The maximum absolute atomic E-state index is 9.78. The summed E-state index contributed by atoms with van der Waals surface area (Å²) in [5.74, 6) is 0. The van der Waals surface area contributed by atoms with Crippen LogP contribution in [0.1, 0.15) is 18.4 Å². The summed E-state index contributed by atoms with van der Waals surface area (Å²) >= 11 is 0. The van der Waals surface area contributed by atoms with Crippen LogP contribution >= 0.6 is 0 Å². The molecule has 2 saturated heterocycles. The third-order valence-electron chi connectivity index (χ3n) is 5.33. The van der Waals surface area contributed by atoms with E-state index in [1.165, 1.54) is 5.56 Å². The van der Waals surface area contributed by atoms with Gasteiger partial charge in [-0.3, -0.25) is 4.90 Å². The molecule has 0 aromatic heterocycles. The zero-order valence-corrected chi connectivity index (χ0v) is 13.8. The molecule has 1 aromatic rings. The largest absolute Gasteiger partial charge is 0.329 e. The molecule has 0 bridgehead atoms. The van der Waals surface area contributed by atoms with Gasteiger partial charge in [-0.25, -0.2) is 10.0 Å². The third kappa shape index (κ3) is 3.56. The van der Waals surface area contributed by atoms with Crippen LogP contribution in [0.5, 0.6) is 0 Å². The fraction of sp³-hybridized carbons (Fsp3) is 0.611. The van der Waals surface area contributed by atoms with Crippen LogP contribution in [0.3, 0.4) is 0 Å². The number of hydrazine groups is 1. The van der Waals surface area contributed by atoms with E-state index in [0.29, 0.717) is 0 Å². The van der Waals surface area contributed by atoms with Gasteiger partial charge in [0.2, 0.25) is 0 Å². The number of nitrogens with two attached hydrogens (primary N) is 1. The lowest BCUT2D eigenvalue weighted by atomic mass is 9.74. The van der Waals surface area contributed by atoms with E-state index < -0.39 is 0 Å². The van der Waals surface area contributed by atoms with E-state index in [4.69, 9.17) is 5.73 Å². The standard InChI is InChI=1S/C18H27N5/c19-8-11-21-12-14-23(15-13-21)22-9-6-18(16-20,7-10-22)17-4-2-1-3-5-17/h1-5H,6-15,19H2. The molecule has 2 heterocycles. The van der Waals surface area contributed by atoms with Crippen molar-refractivity contribution >= 4 is 0 Å². The number of benzene rings is 1. The van der Waals surface area contributed by atoms with Crippen LogP contribution in [-0.4, -0.2) is 67.3 Å². The Labute approximate surface area is 139 Å². The highest BCUT2D eigenvalue weighted by molar-refractivity contribution is 5.33. The lowest BCUT2D eigenvalue weighted by Crippen LogP contribution is -2.57. The number of rotatable bonds is 4. The maximum atomic E-state index is 9.78. The highest BCUT2D eigenvalue weighted by Gasteiger charge is 2.38. The van der Waals surface area contributed by atoms with Crippen LogP contribution in [0.25, 0.3) is 0 Å². The molecule has 23 heavy (non-hydrogen) atoms. The first-order valence-electron chi connectivity index (χ1n) is 8.66. The van der Waals surface area contributed by atoms with Crippen LogP contribution in [0, 0.1) is 11.3 Å². The Morgan fingerprint density at radius 1 is 0.957 bits per heavy atom. The molecule has 0 amide bonds. The van der Waals surface area contributed by atoms with Crippen LogP contribution in [0.2, 0.25) is 0 Å². The molecule has 0 atom stereocenters. The molecule has 0 unspecified atom stereocenters. The number of hydrogen-bond donors (Lipinski definition) is 1. The number of piperidine rings is 1. The topological polar surface area (TPSA) is 59.5 Å². The van der Waals surface area contributed by atoms with Crippen molar-refractivity contribution in [3.63, 3.8) is 0 Å². The molecule has 2 N–H and O–H groups in total. The SMILES string of the molecule is N#CC1(c2ccccc2)CCN(N2CCN(CCN)CC2)CC1. The predicted octanol–water partition coefficient (Wildman–Crippen LogP) is 1.04. The van der Waals surface area contributed by atoms with Crippen molar-refractivity contribution in [2.75, 3.05) is 52.4 Å². The molecule has 2 fully saturated rings. The summed E-state index contributed by atoms with van der Waals surface area (Å²) in [5.41, 5.74) is 6.51. The van der Waals surface area contributed by atoms with E-state index in [1.54, 1.807) is 0 Å². The van der Waals surface area contributed by atoms with E-state index in [-0.39, 0.29) is 5.41 Å². The van der Waals surface area contributed by atoms with E-state index >= 15 is 0 Å². The number of hydrogen-bond acceptors (Lipinski definition) is 5. The van der Waals surface area contributed by atoms with Crippen LogP contribution < -0.4 is 5.73 Å². The molecule has 0 saturated carbocycles. The average molecular weight is 313 g/mol. The summed E-state index contributed by atoms with van der Waals surface area (Å²) in [6.45, 7) is 8.02. The van der Waals surface area contributed by atoms with Crippen molar-refractivity contribution in [2.24, 2.45) is 5.73 Å². The second-order valence-corrected chi connectivity index (χ2v) is 6.60. The summed E-state index contributed by atoms with van der Waals surface area (Å²) in [6, 6.07) is 12.9. The normalized spacial score (nSPS) is 23.5. The lowest BCUT2D eigenvalue weighted by molar-refractivity contribution is -0.0750. The Bertz CT molecular complexity index is 522. The minimum absolute atomic E-state index is 0.306. The third-order valence-corrected chi connectivity index (χ3v) is 5.33. The minimum atomic E-state index is -0.306. The van der Waals surface area contributed by atoms with Gasteiger partial charge >= 0.3 is 0 Å². The molecule has 0 aliphatic carbocycles. The summed E-state index contributed by atoms with van der Waals surface area (Å²) in [6.07, 6.45) is 1.83. The molecule has 5 heteroatoms. The maximum Gasteiger partial charge on any atom is 0.0847 e. The zero-order chi connectivity index (χ0) is 16.1. The van der Waals surface area contributed by atoms with Crippen molar-refractivity contribution in [3.05, 3.63) is 35.9 Å². The summed E-state index contributed by atoms with van der Waals surface area (Å²) < 4.78 is 0. The molecule has 0 spiro atoms. The number of nitrogens with zero attached hydrogens (tertiary/aromatic N) is 4. The van der Waals surface area contributed by atoms with Crippen molar-refractivity contribution in [3.8, 4) is 6.07 Å². The Kier molecular flexibility index (Phi) is 5.29. The fourth-order valence-electron chi connectivity index (χ4n) is 3.81. The van der Waals surface area contributed by atoms with Crippen LogP contribution in [-0.2, 0) is 5.41 Å². The average Bonchev–Trinajstić information content (AvgIpc) is 2.63. The lowest BCUT2D eigenvalue weighted by Gasteiger charge is -2.45. The summed E-state index contributed by atoms with van der Waals surface area (Å²) in [7, 11) is 0. The van der Waals surface area contributed by atoms with Crippen molar-refractivity contribution in [2.45, 2.75) is 18.3 Å². The van der Waals surface area contributed by atoms with E-state index in [0.717, 1.165) is 65.2 Å². The van der Waals surface area contributed by atoms with Gasteiger partial charge in [0.05, 0.1) is 11.5 Å². The molecule has 5 nitrogen and oxygen atoms in total. The molecule has 2 aliphatic heterocycles. The molecule has 124 valence electrons. The molecule has 1 aromatic carbocycles. The second-order valence-electron chi connectivity index (χ2n) is 6.60. The van der Waals surface area contributed by atoms with Crippen LogP contribution in [0.4, 0.5) is 0 Å². The van der Waals surface area contributed by atoms with E-state index in [2.05, 4.69) is 33.1 Å². The van der Waals surface area contributed by atoms with Gasteiger partial charge in [0.25, 0.3) is 0 Å². The van der Waals surface area contributed by atoms with E-state index in [1.807, 2.05) is 18.2 Å². The monoisotopic (exact) mass is 313 g/mol. The van der Waals surface area contributed by atoms with E-state index in [9.17, 15) is 5.26 Å². The minimum Gasteiger partial charge on any atom is -0.329 e. The van der Waals surface area contributed by atoms with Gasteiger partial charge < -0.3 is 5.73 Å². The molecule has 0 radical (unpaired) electrons. The summed E-state index contributed by atoms with van der Waals surface area (Å²) in [4.78, 5) is 2.43. The van der Waals surface area contributed by atoms with Gasteiger partial charge in [-0.05, 0) is 18.4 Å². The quantitative estimate of drug-likeness (QED) is 0.900. The molecular weight excluding hydrogens is 286 g/mol. The van der Waals surface area contributed by atoms with Gasteiger partial charge in [0.15, 0.2) is 0 Å². The zero-order valence-electron chi connectivity index (χ0n) is 13.8. The highest BCUT2D eigenvalue weighted by atomic mass is 15.6. The first kappa shape index (κ1) is 16.4. The smallest absolute Gasteiger partial charge is 0.0847 e. The van der Waals surface area contributed by atoms with Crippen molar-refractivity contribution < 1.29 is 0 Å². The van der Waals surface area contributed by atoms with Crippen LogP contribution in [0.15, 0.2) is 30.3 Å². The first-order chi connectivity index (χ1) is 11.3. The van der Waals surface area contributed by atoms with Gasteiger partial charge in [-0.2, -0.15) is 5.26 Å². The van der Waals surface area contributed by atoms with Gasteiger partial charge in [-0.15, -0.1) is 0 Å². The van der Waals surface area contributed by atoms with Gasteiger partial charge in [0, 0.05) is 52.4 Å². The Balaban J connectivity index is 1.57. The molecule has 2 aliphatic rings. The van der Waals surface area contributed by atoms with Gasteiger partial charge in [0.1, 0.15) is 0 Å². The van der Waals surface area contributed by atoms with Gasteiger partial charge in [-0.1, -0.05) is 30.3 Å². The number of piperazine rings is 1.